The first kappa shape index (κ1) is 26.4. The number of rotatable bonds is 0. The fourth-order valence-electron chi connectivity index (χ4n) is 4.00. The molecule has 0 saturated carbocycles. The minimum absolute atomic E-state index is 0. The van der Waals surface area contributed by atoms with Crippen LogP contribution in [0.2, 0.25) is 0 Å². The molecule has 4 heteroatoms. The minimum Gasteiger partial charge on any atom is -1.00 e. The largest absolute Gasteiger partial charge is 1.00 e. The van der Waals surface area contributed by atoms with Gasteiger partial charge in [-0.1, -0.05) is 70.8 Å². The maximum absolute atomic E-state index is 3.30. The quantitative estimate of drug-likeness (QED) is 0.202. The van der Waals surface area contributed by atoms with Crippen molar-refractivity contribution in [3.63, 3.8) is 0 Å². The van der Waals surface area contributed by atoms with E-state index in [1.807, 2.05) is 12.1 Å². The predicted molar refractivity (Wildman–Crippen MR) is 107 cm³/mol. The van der Waals surface area contributed by atoms with E-state index in [0.29, 0.717) is 0 Å². The molecule has 0 aliphatic heterocycles. The van der Waals surface area contributed by atoms with Gasteiger partial charge in [0.1, 0.15) is 0 Å². The van der Waals surface area contributed by atoms with Crippen molar-refractivity contribution >= 4 is 0 Å². The number of hydrogen-bond donors (Lipinski definition) is 0. The Labute approximate surface area is 209 Å². The van der Waals surface area contributed by atoms with Crippen LogP contribution in [0.15, 0.2) is 84.9 Å². The van der Waals surface area contributed by atoms with Gasteiger partial charge in [0.15, 0.2) is 0 Å². The molecule has 0 bridgehead atoms. The molecular weight excluding hydrogens is 470 g/mol. The van der Waals surface area contributed by atoms with E-state index < -0.39 is 0 Å². The number of hydrogen-bond acceptors (Lipinski definition) is 0. The van der Waals surface area contributed by atoms with Crippen LogP contribution in [0.25, 0.3) is 22.3 Å². The van der Waals surface area contributed by atoms with Gasteiger partial charge in [-0.05, 0) is 12.8 Å². The van der Waals surface area contributed by atoms with Crippen LogP contribution in [0.5, 0.6) is 0 Å². The van der Waals surface area contributed by atoms with Gasteiger partial charge < -0.3 is 37.2 Å². The van der Waals surface area contributed by atoms with E-state index >= 15 is 0 Å². The molecule has 0 nitrogen and oxygen atoms in total. The standard InChI is InChI=1S/2C13H9.3ClH.V/c2*1-3-7-12-10(5-1)9-11-6-2-4-8-13(11)12;;;;/h2*1-5,7-8H,9H2;3*1H;/q2*-1;;;;/p-3. The maximum Gasteiger partial charge on any atom is 0 e. The van der Waals surface area contributed by atoms with Crippen molar-refractivity contribution in [1.82, 2.24) is 0 Å². The van der Waals surface area contributed by atoms with Crippen molar-refractivity contribution in [2.75, 3.05) is 0 Å². The summed E-state index contributed by atoms with van der Waals surface area (Å²) in [7, 11) is 0. The van der Waals surface area contributed by atoms with Crippen molar-refractivity contribution in [1.29, 1.82) is 0 Å². The smallest absolute Gasteiger partial charge is 0 e. The van der Waals surface area contributed by atoms with E-state index in [4.69, 9.17) is 0 Å². The summed E-state index contributed by atoms with van der Waals surface area (Å²) in [6, 6.07) is 36.2. The number of benzene rings is 4. The molecule has 0 amide bonds. The molecular formula is C26H18Cl3V-5. The molecule has 0 unspecified atom stereocenters. The van der Waals surface area contributed by atoms with E-state index in [1.165, 1.54) is 44.5 Å². The van der Waals surface area contributed by atoms with Crippen LogP contribution < -0.4 is 37.2 Å². The normalized spacial score (nSPS) is 10.7. The molecule has 4 aromatic rings. The summed E-state index contributed by atoms with van der Waals surface area (Å²) < 4.78 is 0. The van der Waals surface area contributed by atoms with E-state index in [2.05, 4.69) is 84.9 Å². The zero-order valence-corrected chi connectivity index (χ0v) is 19.7. The molecule has 2 aliphatic rings. The van der Waals surface area contributed by atoms with Gasteiger partial charge in [0.25, 0.3) is 0 Å². The second-order valence-electron chi connectivity index (χ2n) is 6.79. The summed E-state index contributed by atoms with van der Waals surface area (Å²) in [5, 5.41) is 0. The fraction of sp³-hybridized carbons (Fsp3) is 0.0769. The van der Waals surface area contributed by atoms with Crippen molar-refractivity contribution in [2.24, 2.45) is 0 Å². The van der Waals surface area contributed by atoms with Crippen LogP contribution in [0.4, 0.5) is 0 Å². The molecule has 0 atom stereocenters. The van der Waals surface area contributed by atoms with E-state index in [-0.39, 0.29) is 55.8 Å². The molecule has 0 saturated heterocycles. The number of fused-ring (bicyclic) bond motifs is 6. The predicted octanol–water partition coefficient (Wildman–Crippen LogP) is -2.87. The van der Waals surface area contributed by atoms with Crippen LogP contribution >= 0.6 is 0 Å². The first-order valence-electron chi connectivity index (χ1n) is 9.06. The summed E-state index contributed by atoms with van der Waals surface area (Å²) in [6.07, 6.45) is 2.10. The second kappa shape index (κ2) is 11.7. The summed E-state index contributed by atoms with van der Waals surface area (Å²) in [4.78, 5) is 0. The summed E-state index contributed by atoms with van der Waals surface area (Å²) in [5.74, 6) is 0. The third-order valence-electron chi connectivity index (χ3n) is 5.23. The molecule has 0 heterocycles. The monoisotopic (exact) mass is 486 g/mol. The summed E-state index contributed by atoms with van der Waals surface area (Å²) >= 11 is 0. The van der Waals surface area contributed by atoms with Crippen LogP contribution in [0.3, 0.4) is 0 Å². The Morgan fingerprint density at radius 3 is 1.27 bits per heavy atom. The molecule has 4 aromatic carbocycles. The van der Waals surface area contributed by atoms with Gasteiger partial charge in [0, 0.05) is 18.6 Å². The van der Waals surface area contributed by atoms with Crippen molar-refractivity contribution < 1.29 is 55.8 Å². The Hall–Kier alpha value is -1.67. The molecule has 6 rings (SSSR count). The van der Waals surface area contributed by atoms with E-state index in [9.17, 15) is 0 Å². The Morgan fingerprint density at radius 1 is 0.467 bits per heavy atom. The van der Waals surface area contributed by atoms with Gasteiger partial charge in [-0.3, -0.25) is 0 Å². The summed E-state index contributed by atoms with van der Waals surface area (Å²) in [5.41, 5.74) is 11.0. The molecule has 0 aromatic heterocycles. The topological polar surface area (TPSA) is 0 Å². The molecule has 0 N–H and O–H groups in total. The third-order valence-corrected chi connectivity index (χ3v) is 5.23. The van der Waals surface area contributed by atoms with E-state index in [0.717, 1.165) is 12.8 Å². The van der Waals surface area contributed by atoms with Gasteiger partial charge in [-0.2, -0.15) is 59.7 Å². The van der Waals surface area contributed by atoms with E-state index in [1.54, 1.807) is 0 Å². The van der Waals surface area contributed by atoms with Gasteiger partial charge in [0.05, 0.1) is 0 Å². The molecule has 0 fully saturated rings. The van der Waals surface area contributed by atoms with Gasteiger partial charge in [0.2, 0.25) is 0 Å². The van der Waals surface area contributed by atoms with Crippen molar-refractivity contribution in [2.45, 2.75) is 12.8 Å². The maximum atomic E-state index is 3.30. The Morgan fingerprint density at radius 2 is 0.833 bits per heavy atom. The van der Waals surface area contributed by atoms with Crippen LogP contribution in [0, 0.1) is 12.1 Å². The van der Waals surface area contributed by atoms with Gasteiger partial charge >= 0.3 is 0 Å². The third kappa shape index (κ3) is 4.97. The first-order chi connectivity index (χ1) is 12.9. The zero-order chi connectivity index (χ0) is 17.3. The molecule has 1 radical (unpaired) electrons. The number of halogens is 3. The van der Waals surface area contributed by atoms with Gasteiger partial charge in [-0.25, -0.2) is 0 Å². The van der Waals surface area contributed by atoms with Crippen LogP contribution in [0.1, 0.15) is 22.3 Å². The summed E-state index contributed by atoms with van der Waals surface area (Å²) in [6.45, 7) is 0. The Balaban J connectivity index is 0.000000265. The zero-order valence-electron chi connectivity index (χ0n) is 16.1. The molecule has 30 heavy (non-hydrogen) atoms. The molecule has 2 aliphatic carbocycles. The average molecular weight is 488 g/mol. The molecule has 0 spiro atoms. The van der Waals surface area contributed by atoms with Crippen LogP contribution in [-0.4, -0.2) is 0 Å². The first-order valence-corrected chi connectivity index (χ1v) is 9.06. The average Bonchev–Trinajstić information content (AvgIpc) is 3.27. The SMILES string of the molecule is [Cl-].[Cl-].[Cl-].[V].[c-]1cccc2c1Cc1ccccc1-2.[c-]1cccc2c1Cc1ccccc1-2. The minimum atomic E-state index is 0. The van der Waals surface area contributed by atoms with Gasteiger partial charge in [-0.15, -0.1) is 11.1 Å². The van der Waals surface area contributed by atoms with Crippen LogP contribution in [-0.2, 0) is 31.4 Å². The Kier molecular flexibility index (Phi) is 10.2. The van der Waals surface area contributed by atoms with Crippen molar-refractivity contribution in [3.8, 4) is 22.3 Å². The Bertz CT molecular complexity index is 932. The van der Waals surface area contributed by atoms with Crippen molar-refractivity contribution in [3.05, 3.63) is 119 Å². The fourth-order valence-corrected chi connectivity index (χ4v) is 4.00. The molecule has 153 valence electrons. The second-order valence-corrected chi connectivity index (χ2v) is 6.79.